The van der Waals surface area contributed by atoms with Crippen LogP contribution in [0.3, 0.4) is 0 Å². The summed E-state index contributed by atoms with van der Waals surface area (Å²) in [5.41, 5.74) is 0. The Morgan fingerprint density at radius 1 is 1.00 bits per heavy atom. The zero-order chi connectivity index (χ0) is 11.3. The Labute approximate surface area is 92.4 Å². The lowest BCUT2D eigenvalue weighted by molar-refractivity contribution is 0.655. The molecular weight excluding hydrogens is 186 g/mol. The van der Waals surface area contributed by atoms with Crippen LogP contribution in [0.25, 0.3) is 0 Å². The van der Waals surface area contributed by atoms with Crippen molar-refractivity contribution in [1.82, 2.24) is 10.6 Å². The lowest BCUT2D eigenvalue weighted by Crippen LogP contribution is -2.44. The summed E-state index contributed by atoms with van der Waals surface area (Å²) in [7, 11) is 0. The van der Waals surface area contributed by atoms with Crippen molar-refractivity contribution < 1.29 is 0 Å². The maximum absolute atomic E-state index is 4.58. The van der Waals surface area contributed by atoms with E-state index in [1.54, 1.807) is 0 Å². The van der Waals surface area contributed by atoms with Crippen molar-refractivity contribution in [3.63, 3.8) is 0 Å². The third kappa shape index (κ3) is 4.68. The zero-order valence-electron chi connectivity index (χ0n) is 9.99. The van der Waals surface area contributed by atoms with Crippen LogP contribution in [0.15, 0.2) is 29.3 Å². The fraction of sp³-hybridized carbons (Fsp3) is 0.583. The molecule has 0 spiro atoms. The Kier molecular flexibility index (Phi) is 4.40. The number of hydrogen-bond donors (Lipinski definition) is 2. The first-order chi connectivity index (χ1) is 7.08. The van der Waals surface area contributed by atoms with E-state index in [4.69, 9.17) is 0 Å². The normalized spacial score (nSPS) is 15.1. The number of nitrogens with one attached hydrogen (secondary N) is 2. The van der Waals surface area contributed by atoms with Gasteiger partial charge in [0.05, 0.1) is 6.04 Å². The van der Waals surface area contributed by atoms with Crippen LogP contribution in [0.5, 0.6) is 0 Å². The van der Waals surface area contributed by atoms with Crippen LogP contribution in [0.4, 0.5) is 0 Å². The molecule has 0 atom stereocenters. The van der Waals surface area contributed by atoms with Crippen molar-refractivity contribution in [3.05, 3.63) is 24.3 Å². The molecule has 0 heterocycles. The van der Waals surface area contributed by atoms with Gasteiger partial charge in [-0.15, -0.1) is 0 Å². The smallest absolute Gasteiger partial charge is 0.192 e. The molecule has 0 fully saturated rings. The average Bonchev–Trinajstić information content (AvgIpc) is 2.53. The predicted octanol–water partition coefficient (Wildman–Crippen LogP) is 1.83. The van der Waals surface area contributed by atoms with Crippen LogP contribution in [0.1, 0.15) is 27.7 Å². The standard InChI is InChI=1S/C12H21N3/c1-9(2)13-12(14-10(3)4)15-11-7-5-6-8-11/h5-11H,1-4H3,(H2,13,14,15). The average molecular weight is 207 g/mol. The fourth-order valence-corrected chi connectivity index (χ4v) is 1.32. The van der Waals surface area contributed by atoms with Crippen LogP contribution in [0, 0.1) is 0 Å². The monoisotopic (exact) mass is 207 g/mol. The molecule has 84 valence electrons. The molecule has 1 rings (SSSR count). The van der Waals surface area contributed by atoms with Gasteiger partial charge in [-0.1, -0.05) is 24.3 Å². The molecule has 0 aromatic carbocycles. The summed E-state index contributed by atoms with van der Waals surface area (Å²) in [4.78, 5) is 4.58. The largest absolute Gasteiger partial charge is 0.354 e. The molecule has 0 radical (unpaired) electrons. The molecule has 0 aliphatic heterocycles. The maximum Gasteiger partial charge on any atom is 0.192 e. The van der Waals surface area contributed by atoms with Gasteiger partial charge in [0.15, 0.2) is 5.96 Å². The van der Waals surface area contributed by atoms with Gasteiger partial charge in [0.25, 0.3) is 0 Å². The summed E-state index contributed by atoms with van der Waals surface area (Å²) in [5, 5.41) is 6.62. The second-order valence-electron chi connectivity index (χ2n) is 4.34. The number of hydrogen-bond acceptors (Lipinski definition) is 1. The molecule has 0 amide bonds. The number of rotatable bonds is 3. The summed E-state index contributed by atoms with van der Waals surface area (Å²) in [6.45, 7) is 8.44. The Bertz CT molecular complexity index is 251. The molecule has 0 aromatic rings. The highest BCUT2D eigenvalue weighted by Gasteiger charge is 2.06. The van der Waals surface area contributed by atoms with Crippen LogP contribution >= 0.6 is 0 Å². The third-order valence-electron chi connectivity index (χ3n) is 1.86. The molecule has 0 unspecified atom stereocenters. The molecular formula is C12H21N3. The van der Waals surface area contributed by atoms with Gasteiger partial charge in [0.2, 0.25) is 0 Å². The third-order valence-corrected chi connectivity index (χ3v) is 1.86. The van der Waals surface area contributed by atoms with Gasteiger partial charge >= 0.3 is 0 Å². The van der Waals surface area contributed by atoms with E-state index in [0.717, 1.165) is 5.96 Å². The van der Waals surface area contributed by atoms with E-state index in [2.05, 4.69) is 55.5 Å². The highest BCUT2D eigenvalue weighted by Crippen LogP contribution is 2.03. The van der Waals surface area contributed by atoms with Gasteiger partial charge in [0.1, 0.15) is 0 Å². The van der Waals surface area contributed by atoms with Crippen molar-refractivity contribution in [2.75, 3.05) is 0 Å². The summed E-state index contributed by atoms with van der Waals surface area (Å²) in [5.74, 6) is 0.876. The number of nitrogens with zero attached hydrogens (tertiary/aromatic N) is 1. The first-order valence-corrected chi connectivity index (χ1v) is 5.54. The summed E-state index contributed by atoms with van der Waals surface area (Å²) < 4.78 is 0. The van der Waals surface area contributed by atoms with Crippen molar-refractivity contribution in [1.29, 1.82) is 0 Å². The van der Waals surface area contributed by atoms with Crippen molar-refractivity contribution in [2.45, 2.75) is 45.8 Å². The minimum Gasteiger partial charge on any atom is -0.354 e. The van der Waals surface area contributed by atoms with Crippen molar-refractivity contribution in [2.24, 2.45) is 4.99 Å². The molecule has 0 bridgehead atoms. The fourth-order valence-electron chi connectivity index (χ4n) is 1.32. The minimum atomic E-state index is 0.178. The topological polar surface area (TPSA) is 36.4 Å². The second-order valence-corrected chi connectivity index (χ2v) is 4.34. The van der Waals surface area contributed by atoms with Gasteiger partial charge < -0.3 is 10.6 Å². The minimum absolute atomic E-state index is 0.178. The summed E-state index contributed by atoms with van der Waals surface area (Å²) >= 11 is 0. The molecule has 1 aliphatic rings. The van der Waals surface area contributed by atoms with E-state index >= 15 is 0 Å². The Hall–Kier alpha value is -1.25. The Morgan fingerprint density at radius 3 is 1.87 bits per heavy atom. The van der Waals surface area contributed by atoms with E-state index in [-0.39, 0.29) is 6.04 Å². The van der Waals surface area contributed by atoms with Gasteiger partial charge in [-0.3, -0.25) is 0 Å². The highest BCUT2D eigenvalue weighted by atomic mass is 15.2. The Balaban J connectivity index is 2.61. The Morgan fingerprint density at radius 2 is 1.47 bits per heavy atom. The lowest BCUT2D eigenvalue weighted by Gasteiger charge is -2.18. The number of allylic oxidation sites excluding steroid dienone is 2. The summed E-state index contributed by atoms with van der Waals surface area (Å²) in [6.07, 6.45) is 8.20. The van der Waals surface area contributed by atoms with Crippen LogP contribution in [-0.4, -0.2) is 24.1 Å². The van der Waals surface area contributed by atoms with Crippen molar-refractivity contribution in [3.8, 4) is 0 Å². The zero-order valence-corrected chi connectivity index (χ0v) is 9.99. The van der Waals surface area contributed by atoms with Gasteiger partial charge in [-0.25, -0.2) is 4.99 Å². The summed E-state index contributed by atoms with van der Waals surface area (Å²) in [6, 6.07) is 0.964. The van der Waals surface area contributed by atoms with Crippen LogP contribution in [0.2, 0.25) is 0 Å². The molecule has 1 aliphatic carbocycles. The molecule has 0 saturated heterocycles. The number of aliphatic imine (C=N–C) groups is 1. The molecule has 0 saturated carbocycles. The van der Waals surface area contributed by atoms with E-state index in [1.165, 1.54) is 0 Å². The first-order valence-electron chi connectivity index (χ1n) is 5.54. The quantitative estimate of drug-likeness (QED) is 0.547. The highest BCUT2D eigenvalue weighted by molar-refractivity contribution is 5.80. The first kappa shape index (κ1) is 11.8. The van der Waals surface area contributed by atoms with Crippen LogP contribution < -0.4 is 10.6 Å². The second kappa shape index (κ2) is 5.59. The SMILES string of the molecule is CC(C)NC(=NC1C=CC=C1)NC(C)C. The van der Waals surface area contributed by atoms with Gasteiger partial charge in [-0.05, 0) is 27.7 Å². The van der Waals surface area contributed by atoms with E-state index < -0.39 is 0 Å². The van der Waals surface area contributed by atoms with E-state index in [9.17, 15) is 0 Å². The van der Waals surface area contributed by atoms with Crippen LogP contribution in [-0.2, 0) is 0 Å². The number of guanidine groups is 1. The maximum atomic E-state index is 4.58. The molecule has 3 heteroatoms. The van der Waals surface area contributed by atoms with Crippen molar-refractivity contribution >= 4 is 5.96 Å². The lowest BCUT2D eigenvalue weighted by atomic mass is 10.3. The van der Waals surface area contributed by atoms with E-state index in [1.807, 2.05) is 12.2 Å². The molecule has 2 N–H and O–H groups in total. The predicted molar refractivity (Wildman–Crippen MR) is 66.0 cm³/mol. The van der Waals surface area contributed by atoms with Gasteiger partial charge in [-0.2, -0.15) is 0 Å². The van der Waals surface area contributed by atoms with E-state index in [0.29, 0.717) is 12.1 Å². The van der Waals surface area contributed by atoms with Gasteiger partial charge in [0, 0.05) is 12.1 Å². The molecule has 15 heavy (non-hydrogen) atoms. The molecule has 0 aromatic heterocycles. The molecule has 3 nitrogen and oxygen atoms in total.